The lowest BCUT2D eigenvalue weighted by atomic mass is 9.75. The average Bonchev–Trinajstić information content (AvgIpc) is 2.29. The molecule has 15 heavy (non-hydrogen) atoms. The van der Waals surface area contributed by atoms with Crippen LogP contribution in [0.25, 0.3) is 0 Å². The Kier molecular flexibility index (Phi) is 4.07. The summed E-state index contributed by atoms with van der Waals surface area (Å²) < 4.78 is 0. The van der Waals surface area contributed by atoms with Crippen LogP contribution in [0.3, 0.4) is 0 Å². The van der Waals surface area contributed by atoms with Crippen molar-refractivity contribution in [2.45, 2.75) is 77.2 Å². The predicted molar refractivity (Wildman–Crippen MR) is 66.1 cm³/mol. The van der Waals surface area contributed by atoms with E-state index in [-0.39, 0.29) is 0 Å². The van der Waals surface area contributed by atoms with Crippen LogP contribution in [0.1, 0.15) is 71.1 Å². The normalized spacial score (nSPS) is 27.8. The Morgan fingerprint density at radius 3 is 2.20 bits per heavy atom. The van der Waals surface area contributed by atoms with Crippen molar-refractivity contribution in [3.63, 3.8) is 0 Å². The van der Waals surface area contributed by atoms with Gasteiger partial charge >= 0.3 is 0 Å². The molecule has 2 fully saturated rings. The monoisotopic (exact) mass is 209 g/mol. The Labute approximate surface area is 95.0 Å². The molecule has 88 valence electrons. The van der Waals surface area contributed by atoms with E-state index in [9.17, 15) is 0 Å². The van der Waals surface area contributed by atoms with E-state index in [0.717, 1.165) is 6.04 Å². The topological polar surface area (TPSA) is 12.0 Å². The Balaban J connectivity index is 1.70. The molecule has 0 saturated heterocycles. The second-order valence-electron chi connectivity index (χ2n) is 6.09. The summed E-state index contributed by atoms with van der Waals surface area (Å²) in [5.41, 5.74) is 0.621. The van der Waals surface area contributed by atoms with Gasteiger partial charge in [-0.2, -0.15) is 0 Å². The van der Waals surface area contributed by atoms with Crippen molar-refractivity contribution in [2.75, 3.05) is 6.54 Å². The fourth-order valence-corrected chi connectivity index (χ4v) is 3.28. The van der Waals surface area contributed by atoms with Crippen LogP contribution in [0.15, 0.2) is 0 Å². The van der Waals surface area contributed by atoms with E-state index in [1.807, 2.05) is 0 Å². The van der Waals surface area contributed by atoms with Crippen molar-refractivity contribution < 1.29 is 0 Å². The highest BCUT2D eigenvalue weighted by molar-refractivity contribution is 4.83. The summed E-state index contributed by atoms with van der Waals surface area (Å²) >= 11 is 0. The molecule has 0 aromatic rings. The molecule has 0 aliphatic heterocycles. The Morgan fingerprint density at radius 1 is 0.933 bits per heavy atom. The van der Waals surface area contributed by atoms with Crippen molar-refractivity contribution in [1.82, 2.24) is 5.32 Å². The third-order valence-corrected chi connectivity index (χ3v) is 4.48. The lowest BCUT2D eigenvalue weighted by Gasteiger charge is -2.36. The van der Waals surface area contributed by atoms with E-state index < -0.39 is 0 Å². The number of rotatable bonds is 3. The van der Waals surface area contributed by atoms with Crippen LogP contribution in [0.4, 0.5) is 0 Å². The van der Waals surface area contributed by atoms with Gasteiger partial charge in [0.05, 0.1) is 0 Å². The maximum atomic E-state index is 3.83. The summed E-state index contributed by atoms with van der Waals surface area (Å²) in [6.07, 6.45) is 14.5. The van der Waals surface area contributed by atoms with Crippen LogP contribution < -0.4 is 5.32 Å². The molecule has 0 atom stereocenters. The van der Waals surface area contributed by atoms with Gasteiger partial charge in [-0.3, -0.25) is 0 Å². The van der Waals surface area contributed by atoms with Crippen LogP contribution in [-0.2, 0) is 0 Å². The highest BCUT2D eigenvalue weighted by Crippen LogP contribution is 2.35. The maximum absolute atomic E-state index is 3.83. The SMILES string of the molecule is CC1(CNC2CCCCC2)CCCCC1. The molecule has 0 unspecified atom stereocenters. The van der Waals surface area contributed by atoms with E-state index in [4.69, 9.17) is 0 Å². The summed E-state index contributed by atoms with van der Waals surface area (Å²) in [5.74, 6) is 0. The minimum absolute atomic E-state index is 0.621. The average molecular weight is 209 g/mol. The summed E-state index contributed by atoms with van der Waals surface area (Å²) in [6.45, 7) is 3.76. The standard InChI is InChI=1S/C14H27N/c1-14(10-6-3-7-11-14)12-15-13-8-4-2-5-9-13/h13,15H,2-12H2,1H3. The molecule has 0 aromatic heterocycles. The molecule has 0 heterocycles. The van der Waals surface area contributed by atoms with Gasteiger partial charge in [-0.25, -0.2) is 0 Å². The largest absolute Gasteiger partial charge is 0.313 e. The van der Waals surface area contributed by atoms with Gasteiger partial charge in [0, 0.05) is 12.6 Å². The number of nitrogens with one attached hydrogen (secondary N) is 1. The van der Waals surface area contributed by atoms with E-state index in [1.165, 1.54) is 70.8 Å². The molecular weight excluding hydrogens is 182 g/mol. The number of hydrogen-bond acceptors (Lipinski definition) is 1. The predicted octanol–water partition coefficient (Wildman–Crippen LogP) is 3.88. The zero-order valence-electron chi connectivity index (χ0n) is 10.4. The van der Waals surface area contributed by atoms with Gasteiger partial charge in [-0.05, 0) is 31.1 Å². The lowest BCUT2D eigenvalue weighted by molar-refractivity contribution is 0.193. The van der Waals surface area contributed by atoms with Crippen LogP contribution in [0.2, 0.25) is 0 Å². The van der Waals surface area contributed by atoms with E-state index in [2.05, 4.69) is 12.2 Å². The zero-order chi connectivity index (χ0) is 10.6. The van der Waals surface area contributed by atoms with Gasteiger partial charge in [-0.15, -0.1) is 0 Å². The van der Waals surface area contributed by atoms with Crippen molar-refractivity contribution in [1.29, 1.82) is 0 Å². The van der Waals surface area contributed by atoms with Crippen LogP contribution >= 0.6 is 0 Å². The van der Waals surface area contributed by atoms with Gasteiger partial charge in [-0.1, -0.05) is 45.4 Å². The molecule has 2 aliphatic rings. The molecule has 2 rings (SSSR count). The maximum Gasteiger partial charge on any atom is 0.00672 e. The van der Waals surface area contributed by atoms with Gasteiger partial charge < -0.3 is 5.32 Å². The van der Waals surface area contributed by atoms with Gasteiger partial charge in [0.25, 0.3) is 0 Å². The summed E-state index contributed by atoms with van der Waals surface area (Å²) in [4.78, 5) is 0. The molecule has 2 aliphatic carbocycles. The first-order chi connectivity index (χ1) is 7.29. The molecule has 1 nitrogen and oxygen atoms in total. The third kappa shape index (κ3) is 3.48. The van der Waals surface area contributed by atoms with Gasteiger partial charge in [0.15, 0.2) is 0 Å². The van der Waals surface area contributed by atoms with Crippen molar-refractivity contribution in [3.05, 3.63) is 0 Å². The van der Waals surface area contributed by atoms with Gasteiger partial charge in [0.2, 0.25) is 0 Å². The van der Waals surface area contributed by atoms with Crippen LogP contribution in [0, 0.1) is 5.41 Å². The quantitative estimate of drug-likeness (QED) is 0.744. The molecule has 0 amide bonds. The first kappa shape index (κ1) is 11.4. The Morgan fingerprint density at radius 2 is 1.53 bits per heavy atom. The first-order valence-corrected chi connectivity index (χ1v) is 7.02. The number of hydrogen-bond donors (Lipinski definition) is 1. The van der Waals surface area contributed by atoms with Crippen LogP contribution in [0.5, 0.6) is 0 Å². The molecule has 2 saturated carbocycles. The van der Waals surface area contributed by atoms with E-state index in [0.29, 0.717) is 5.41 Å². The second kappa shape index (κ2) is 5.34. The molecule has 0 aromatic carbocycles. The van der Waals surface area contributed by atoms with Crippen molar-refractivity contribution >= 4 is 0 Å². The molecule has 0 bridgehead atoms. The molecule has 0 radical (unpaired) electrons. The van der Waals surface area contributed by atoms with Crippen LogP contribution in [-0.4, -0.2) is 12.6 Å². The fraction of sp³-hybridized carbons (Fsp3) is 1.00. The smallest absolute Gasteiger partial charge is 0.00672 e. The minimum atomic E-state index is 0.621. The summed E-state index contributed by atoms with van der Waals surface area (Å²) in [7, 11) is 0. The molecule has 0 spiro atoms. The van der Waals surface area contributed by atoms with E-state index in [1.54, 1.807) is 0 Å². The van der Waals surface area contributed by atoms with Crippen molar-refractivity contribution in [2.24, 2.45) is 5.41 Å². The lowest BCUT2D eigenvalue weighted by Crippen LogP contribution is -2.40. The minimum Gasteiger partial charge on any atom is -0.313 e. The molecular formula is C14H27N. The Hall–Kier alpha value is -0.0400. The second-order valence-corrected chi connectivity index (χ2v) is 6.09. The highest BCUT2D eigenvalue weighted by atomic mass is 14.9. The first-order valence-electron chi connectivity index (χ1n) is 7.02. The third-order valence-electron chi connectivity index (χ3n) is 4.48. The van der Waals surface area contributed by atoms with Gasteiger partial charge in [0.1, 0.15) is 0 Å². The van der Waals surface area contributed by atoms with Crippen molar-refractivity contribution in [3.8, 4) is 0 Å². The summed E-state index contributed by atoms with van der Waals surface area (Å²) in [6, 6.07) is 0.845. The van der Waals surface area contributed by atoms with E-state index >= 15 is 0 Å². The fourth-order valence-electron chi connectivity index (χ4n) is 3.28. The molecule has 1 heteroatoms. The zero-order valence-corrected chi connectivity index (χ0v) is 10.4. The Bertz CT molecular complexity index is 176. The highest BCUT2D eigenvalue weighted by Gasteiger charge is 2.27. The molecule has 1 N–H and O–H groups in total. The summed E-state index contributed by atoms with van der Waals surface area (Å²) in [5, 5.41) is 3.83.